The zero-order chi connectivity index (χ0) is 18.8. The Morgan fingerprint density at radius 1 is 1.42 bits per heavy atom. The van der Waals surface area contributed by atoms with E-state index in [1.807, 2.05) is 44.4 Å². The summed E-state index contributed by atoms with van der Waals surface area (Å²) in [4.78, 5) is 21.5. The highest BCUT2D eigenvalue weighted by atomic mass is 32.1. The van der Waals surface area contributed by atoms with Gasteiger partial charge in [0.25, 0.3) is 0 Å². The molecule has 0 radical (unpaired) electrons. The number of ether oxygens (including phenoxy) is 1. The molecular formula is C19H26N4O2S. The van der Waals surface area contributed by atoms with Crippen molar-refractivity contribution in [1.29, 1.82) is 0 Å². The monoisotopic (exact) mass is 374 g/mol. The number of amides is 1. The molecule has 1 aliphatic carbocycles. The van der Waals surface area contributed by atoms with Gasteiger partial charge in [0.1, 0.15) is 5.54 Å². The van der Waals surface area contributed by atoms with E-state index in [0.717, 1.165) is 16.4 Å². The van der Waals surface area contributed by atoms with Crippen molar-refractivity contribution in [2.75, 3.05) is 13.2 Å². The maximum absolute atomic E-state index is 12.6. The van der Waals surface area contributed by atoms with Crippen molar-refractivity contribution in [2.45, 2.75) is 45.3 Å². The summed E-state index contributed by atoms with van der Waals surface area (Å²) in [6.07, 6.45) is 3.02. The van der Waals surface area contributed by atoms with Crippen LogP contribution in [0.3, 0.4) is 0 Å². The van der Waals surface area contributed by atoms with Crippen LogP contribution in [0.5, 0.6) is 0 Å². The van der Waals surface area contributed by atoms with Crippen LogP contribution in [-0.4, -0.2) is 40.7 Å². The van der Waals surface area contributed by atoms with E-state index >= 15 is 0 Å². The molecule has 1 aliphatic rings. The Balaban J connectivity index is 1.53. The molecule has 2 atom stereocenters. The summed E-state index contributed by atoms with van der Waals surface area (Å²) in [5.41, 5.74) is 6.86. The Morgan fingerprint density at radius 2 is 2.23 bits per heavy atom. The van der Waals surface area contributed by atoms with Crippen molar-refractivity contribution in [2.24, 2.45) is 11.1 Å². The lowest BCUT2D eigenvalue weighted by molar-refractivity contribution is -0.170. The number of nitrogens with one attached hydrogen (secondary N) is 1. The van der Waals surface area contributed by atoms with Gasteiger partial charge in [-0.15, -0.1) is 11.3 Å². The number of hydrogen-bond acceptors (Lipinski definition) is 6. The smallest absolute Gasteiger partial charge is 0.240 e. The molecule has 140 valence electrons. The van der Waals surface area contributed by atoms with Crippen molar-refractivity contribution in [3.8, 4) is 11.4 Å². The predicted molar refractivity (Wildman–Crippen MR) is 103 cm³/mol. The zero-order valence-corrected chi connectivity index (χ0v) is 16.3. The molecule has 2 aromatic rings. The third-order valence-corrected chi connectivity index (χ3v) is 6.25. The molecule has 2 aromatic heterocycles. The summed E-state index contributed by atoms with van der Waals surface area (Å²) in [7, 11) is 0. The minimum atomic E-state index is -0.880. The minimum Gasteiger partial charge on any atom is -0.378 e. The minimum absolute atomic E-state index is 0.0307. The van der Waals surface area contributed by atoms with Gasteiger partial charge < -0.3 is 15.8 Å². The van der Waals surface area contributed by atoms with Gasteiger partial charge in [0.2, 0.25) is 5.91 Å². The van der Waals surface area contributed by atoms with E-state index in [1.54, 1.807) is 17.5 Å². The highest BCUT2D eigenvalue weighted by Crippen LogP contribution is 2.49. The molecule has 1 fully saturated rings. The van der Waals surface area contributed by atoms with Crippen molar-refractivity contribution in [3.63, 3.8) is 0 Å². The summed E-state index contributed by atoms with van der Waals surface area (Å²) >= 11 is 1.58. The summed E-state index contributed by atoms with van der Waals surface area (Å²) in [6, 6.07) is 5.76. The lowest BCUT2D eigenvalue weighted by Gasteiger charge is -2.57. The first kappa shape index (κ1) is 18.9. The maximum Gasteiger partial charge on any atom is 0.240 e. The van der Waals surface area contributed by atoms with Crippen LogP contribution in [0, 0.1) is 5.41 Å². The van der Waals surface area contributed by atoms with Crippen LogP contribution in [0.1, 0.15) is 32.2 Å². The SMILES string of the molecule is CCOC1CC(N)(C(=O)NCCc2nc(-c3ccccn3)cs2)C1(C)C. The van der Waals surface area contributed by atoms with Crippen LogP contribution in [0.15, 0.2) is 29.8 Å². The van der Waals surface area contributed by atoms with Crippen molar-refractivity contribution < 1.29 is 9.53 Å². The summed E-state index contributed by atoms with van der Waals surface area (Å²) in [5, 5.41) is 5.93. The number of rotatable bonds is 7. The number of carbonyl (C=O) groups excluding carboxylic acids is 1. The lowest BCUT2D eigenvalue weighted by atomic mass is 9.54. The van der Waals surface area contributed by atoms with E-state index in [2.05, 4.69) is 15.3 Å². The van der Waals surface area contributed by atoms with Crippen LogP contribution in [0.2, 0.25) is 0 Å². The number of pyridine rings is 1. The summed E-state index contributed by atoms with van der Waals surface area (Å²) < 4.78 is 5.68. The molecule has 0 aromatic carbocycles. The molecule has 1 amide bonds. The average Bonchev–Trinajstić information content (AvgIpc) is 3.11. The van der Waals surface area contributed by atoms with E-state index in [0.29, 0.717) is 26.0 Å². The Bertz CT molecular complexity index is 762. The molecule has 0 spiro atoms. The van der Waals surface area contributed by atoms with Crippen molar-refractivity contribution in [3.05, 3.63) is 34.8 Å². The third-order valence-electron chi connectivity index (χ3n) is 5.34. The number of nitrogens with two attached hydrogens (primary N) is 1. The van der Waals surface area contributed by atoms with Gasteiger partial charge in [-0.05, 0) is 19.1 Å². The molecule has 7 heteroatoms. The molecule has 3 rings (SSSR count). The molecule has 0 aliphatic heterocycles. The fourth-order valence-electron chi connectivity index (χ4n) is 3.32. The van der Waals surface area contributed by atoms with Gasteiger partial charge in [-0.3, -0.25) is 9.78 Å². The van der Waals surface area contributed by atoms with Crippen LogP contribution < -0.4 is 11.1 Å². The molecule has 6 nitrogen and oxygen atoms in total. The Kier molecular flexibility index (Phi) is 5.41. The highest BCUT2D eigenvalue weighted by molar-refractivity contribution is 7.09. The van der Waals surface area contributed by atoms with Gasteiger partial charge in [-0.25, -0.2) is 4.98 Å². The number of aromatic nitrogens is 2. The van der Waals surface area contributed by atoms with Gasteiger partial charge in [-0.2, -0.15) is 0 Å². The largest absolute Gasteiger partial charge is 0.378 e. The quantitative estimate of drug-likeness (QED) is 0.777. The standard InChI is InChI=1S/C19H26N4O2S/c1-4-25-15-11-19(20,18(15,2)3)17(24)22-10-8-16-23-14(12-26-16)13-7-5-6-9-21-13/h5-7,9,12,15H,4,8,10-11,20H2,1-3H3,(H,22,24). The number of nitrogens with zero attached hydrogens (tertiary/aromatic N) is 2. The molecule has 0 bridgehead atoms. The van der Waals surface area contributed by atoms with Gasteiger partial charge in [0.15, 0.2) is 0 Å². The average molecular weight is 375 g/mol. The molecule has 26 heavy (non-hydrogen) atoms. The Morgan fingerprint density at radius 3 is 2.88 bits per heavy atom. The van der Waals surface area contributed by atoms with E-state index in [-0.39, 0.29) is 17.4 Å². The molecule has 3 N–H and O–H groups in total. The van der Waals surface area contributed by atoms with E-state index in [4.69, 9.17) is 10.5 Å². The van der Waals surface area contributed by atoms with Crippen molar-refractivity contribution in [1.82, 2.24) is 15.3 Å². The molecule has 2 heterocycles. The number of carbonyl (C=O) groups is 1. The first-order valence-corrected chi connectivity index (χ1v) is 9.81. The highest BCUT2D eigenvalue weighted by Gasteiger charge is 2.62. The van der Waals surface area contributed by atoms with Gasteiger partial charge >= 0.3 is 0 Å². The second kappa shape index (κ2) is 7.42. The van der Waals surface area contributed by atoms with E-state index in [9.17, 15) is 4.79 Å². The molecule has 2 unspecified atom stereocenters. The fourth-order valence-corrected chi connectivity index (χ4v) is 4.11. The van der Waals surface area contributed by atoms with Crippen LogP contribution in [0.4, 0.5) is 0 Å². The van der Waals surface area contributed by atoms with Crippen LogP contribution in [-0.2, 0) is 16.0 Å². The molecule has 0 saturated heterocycles. The fraction of sp³-hybridized carbons (Fsp3) is 0.526. The van der Waals surface area contributed by atoms with E-state index in [1.165, 1.54) is 0 Å². The topological polar surface area (TPSA) is 90.1 Å². The molecular weight excluding hydrogens is 348 g/mol. The van der Waals surface area contributed by atoms with Gasteiger partial charge in [0.05, 0.1) is 22.5 Å². The maximum atomic E-state index is 12.6. The van der Waals surface area contributed by atoms with E-state index < -0.39 is 5.54 Å². The lowest BCUT2D eigenvalue weighted by Crippen LogP contribution is -2.75. The second-order valence-corrected chi connectivity index (χ2v) is 8.13. The normalized spacial score (nSPS) is 24.1. The van der Waals surface area contributed by atoms with Crippen LogP contribution >= 0.6 is 11.3 Å². The number of thiazole rings is 1. The summed E-state index contributed by atoms with van der Waals surface area (Å²) in [5.74, 6) is -0.111. The first-order chi connectivity index (χ1) is 12.4. The predicted octanol–water partition coefficient (Wildman–Crippen LogP) is 2.40. The van der Waals surface area contributed by atoms with Crippen molar-refractivity contribution >= 4 is 17.2 Å². The van der Waals surface area contributed by atoms with Gasteiger partial charge in [0, 0.05) is 43.0 Å². The molecule has 1 saturated carbocycles. The second-order valence-electron chi connectivity index (χ2n) is 7.19. The third kappa shape index (κ3) is 3.39. The van der Waals surface area contributed by atoms with Gasteiger partial charge in [-0.1, -0.05) is 19.9 Å². The first-order valence-electron chi connectivity index (χ1n) is 8.93. The summed E-state index contributed by atoms with van der Waals surface area (Å²) in [6.45, 7) is 7.10. The Hall–Kier alpha value is -1.83. The van der Waals surface area contributed by atoms with Crippen LogP contribution in [0.25, 0.3) is 11.4 Å². The Labute approximate surface area is 158 Å². The zero-order valence-electron chi connectivity index (χ0n) is 15.5. The number of hydrogen-bond donors (Lipinski definition) is 2.